The largest absolute Gasteiger partial charge is 0.380 e. The van der Waals surface area contributed by atoms with Crippen molar-refractivity contribution >= 4 is 34.7 Å². The number of carbonyl (C=O) groups excluding carboxylic acids is 1. The molecule has 7 heteroatoms. The van der Waals surface area contributed by atoms with Gasteiger partial charge in [0, 0.05) is 30.3 Å². The fourth-order valence-electron chi connectivity index (χ4n) is 2.41. The van der Waals surface area contributed by atoms with E-state index in [1.54, 1.807) is 23.7 Å². The van der Waals surface area contributed by atoms with E-state index >= 15 is 0 Å². The molecule has 2 aromatic rings. The number of nitrogens with zero attached hydrogens (tertiary/aromatic N) is 1. The van der Waals surface area contributed by atoms with Gasteiger partial charge in [0.15, 0.2) is 0 Å². The minimum atomic E-state index is -0.408. The molecule has 1 aromatic carbocycles. The van der Waals surface area contributed by atoms with Gasteiger partial charge in [-0.25, -0.2) is 9.37 Å². The Morgan fingerprint density at radius 1 is 1.50 bits per heavy atom. The van der Waals surface area contributed by atoms with E-state index in [2.05, 4.69) is 15.6 Å². The lowest BCUT2D eigenvalue weighted by molar-refractivity contribution is -0.111. The standard InChI is InChI=1S/C17H18FN3O2S/c18-15-8-12(21-17(22)6-4-13-10-24-11-20-13)3-5-16(15)19-9-14-2-1-7-23-14/h3-6,8,10-11,14,19H,1-2,7,9H2,(H,21,22)/b6-4+. The monoisotopic (exact) mass is 347 g/mol. The second-order valence-corrected chi connectivity index (χ2v) is 6.17. The summed E-state index contributed by atoms with van der Waals surface area (Å²) in [6, 6.07) is 4.58. The first kappa shape index (κ1) is 16.6. The zero-order chi connectivity index (χ0) is 16.8. The Hall–Kier alpha value is -2.25. The second kappa shape index (κ2) is 8.03. The molecule has 1 aliphatic rings. The van der Waals surface area contributed by atoms with Gasteiger partial charge in [-0.15, -0.1) is 11.3 Å². The van der Waals surface area contributed by atoms with Crippen LogP contribution in [0.3, 0.4) is 0 Å². The number of carbonyl (C=O) groups is 1. The number of aromatic nitrogens is 1. The topological polar surface area (TPSA) is 63.2 Å². The van der Waals surface area contributed by atoms with Crippen LogP contribution in [0, 0.1) is 5.82 Å². The van der Waals surface area contributed by atoms with Gasteiger partial charge in [0.1, 0.15) is 5.82 Å². The molecule has 1 aromatic heterocycles. The lowest BCUT2D eigenvalue weighted by Crippen LogP contribution is -2.19. The van der Waals surface area contributed by atoms with Crippen molar-refractivity contribution in [1.29, 1.82) is 0 Å². The van der Waals surface area contributed by atoms with Gasteiger partial charge in [0.2, 0.25) is 5.91 Å². The van der Waals surface area contributed by atoms with Crippen molar-refractivity contribution in [3.8, 4) is 0 Å². The number of nitrogens with one attached hydrogen (secondary N) is 2. The fraction of sp³-hybridized carbons (Fsp3) is 0.294. The number of benzene rings is 1. The minimum Gasteiger partial charge on any atom is -0.380 e. The number of amides is 1. The third kappa shape index (κ3) is 4.62. The Kier molecular flexibility index (Phi) is 5.55. The highest BCUT2D eigenvalue weighted by atomic mass is 32.1. The molecule has 1 fully saturated rings. The molecule has 1 aliphatic heterocycles. The lowest BCUT2D eigenvalue weighted by Gasteiger charge is -2.13. The van der Waals surface area contributed by atoms with Crippen molar-refractivity contribution < 1.29 is 13.9 Å². The number of anilines is 2. The molecule has 2 heterocycles. The highest BCUT2D eigenvalue weighted by Crippen LogP contribution is 2.20. The Morgan fingerprint density at radius 3 is 3.12 bits per heavy atom. The van der Waals surface area contributed by atoms with Gasteiger partial charge in [-0.05, 0) is 37.1 Å². The Morgan fingerprint density at radius 2 is 2.42 bits per heavy atom. The van der Waals surface area contributed by atoms with E-state index in [1.165, 1.54) is 23.5 Å². The van der Waals surface area contributed by atoms with Crippen LogP contribution in [0.2, 0.25) is 0 Å². The first-order valence-electron chi connectivity index (χ1n) is 7.73. The Bertz CT molecular complexity index is 713. The molecule has 1 atom stereocenters. The first-order chi connectivity index (χ1) is 11.7. The normalized spacial score (nSPS) is 17.3. The van der Waals surface area contributed by atoms with E-state index < -0.39 is 5.82 Å². The third-order valence-corrected chi connectivity index (χ3v) is 4.24. The quantitative estimate of drug-likeness (QED) is 0.785. The van der Waals surface area contributed by atoms with E-state index in [0.29, 0.717) is 17.9 Å². The highest BCUT2D eigenvalue weighted by Gasteiger charge is 2.15. The van der Waals surface area contributed by atoms with Crippen LogP contribution in [0.1, 0.15) is 18.5 Å². The summed E-state index contributed by atoms with van der Waals surface area (Å²) in [5.74, 6) is -0.739. The summed E-state index contributed by atoms with van der Waals surface area (Å²) < 4.78 is 19.6. The van der Waals surface area contributed by atoms with Crippen molar-refractivity contribution in [2.45, 2.75) is 18.9 Å². The molecule has 1 amide bonds. The summed E-state index contributed by atoms with van der Waals surface area (Å²) in [4.78, 5) is 15.9. The molecule has 2 N–H and O–H groups in total. The molecular formula is C17H18FN3O2S. The first-order valence-corrected chi connectivity index (χ1v) is 8.67. The molecule has 0 spiro atoms. The van der Waals surface area contributed by atoms with Gasteiger partial charge in [-0.2, -0.15) is 0 Å². The van der Waals surface area contributed by atoms with Gasteiger partial charge < -0.3 is 15.4 Å². The van der Waals surface area contributed by atoms with E-state index in [0.717, 1.165) is 25.1 Å². The van der Waals surface area contributed by atoms with E-state index in [-0.39, 0.29) is 12.0 Å². The summed E-state index contributed by atoms with van der Waals surface area (Å²) in [5, 5.41) is 7.50. The van der Waals surface area contributed by atoms with Crippen LogP contribution in [0.15, 0.2) is 35.2 Å². The van der Waals surface area contributed by atoms with Crippen molar-refractivity contribution in [3.63, 3.8) is 0 Å². The number of hydrogen-bond acceptors (Lipinski definition) is 5. The summed E-state index contributed by atoms with van der Waals surface area (Å²) in [5.41, 5.74) is 3.22. The number of hydrogen-bond donors (Lipinski definition) is 2. The molecule has 24 heavy (non-hydrogen) atoms. The summed E-state index contributed by atoms with van der Waals surface area (Å²) in [6.45, 7) is 1.35. The molecule has 0 bridgehead atoms. The van der Waals surface area contributed by atoms with E-state index in [9.17, 15) is 9.18 Å². The number of ether oxygens (including phenoxy) is 1. The van der Waals surface area contributed by atoms with Gasteiger partial charge in [0.05, 0.1) is 23.0 Å². The van der Waals surface area contributed by atoms with Crippen LogP contribution in [-0.2, 0) is 9.53 Å². The Labute approximate surface area is 143 Å². The van der Waals surface area contributed by atoms with Crippen LogP contribution in [0.4, 0.5) is 15.8 Å². The highest BCUT2D eigenvalue weighted by molar-refractivity contribution is 7.07. The van der Waals surface area contributed by atoms with Crippen molar-refractivity contribution in [3.05, 3.63) is 46.7 Å². The molecule has 0 saturated carbocycles. The number of halogens is 1. The van der Waals surface area contributed by atoms with Crippen LogP contribution in [0.25, 0.3) is 6.08 Å². The van der Waals surface area contributed by atoms with Gasteiger partial charge in [-0.3, -0.25) is 4.79 Å². The SMILES string of the molecule is O=C(/C=C/c1cscn1)Nc1ccc(NCC2CCCO2)c(F)c1. The summed E-state index contributed by atoms with van der Waals surface area (Å²) in [7, 11) is 0. The number of rotatable bonds is 6. The average molecular weight is 347 g/mol. The van der Waals surface area contributed by atoms with Crippen LogP contribution in [0.5, 0.6) is 0 Å². The second-order valence-electron chi connectivity index (χ2n) is 5.45. The van der Waals surface area contributed by atoms with Crippen LogP contribution in [-0.4, -0.2) is 30.1 Å². The predicted octanol–water partition coefficient (Wildman–Crippen LogP) is 3.53. The molecule has 1 saturated heterocycles. The molecular weight excluding hydrogens is 329 g/mol. The smallest absolute Gasteiger partial charge is 0.248 e. The molecule has 3 rings (SSSR count). The van der Waals surface area contributed by atoms with Crippen LogP contribution >= 0.6 is 11.3 Å². The van der Waals surface area contributed by atoms with Gasteiger partial charge in [-0.1, -0.05) is 0 Å². The lowest BCUT2D eigenvalue weighted by atomic mass is 10.2. The third-order valence-electron chi connectivity index (χ3n) is 3.64. The van der Waals surface area contributed by atoms with Crippen molar-refractivity contribution in [2.75, 3.05) is 23.8 Å². The maximum atomic E-state index is 14.1. The van der Waals surface area contributed by atoms with E-state index in [4.69, 9.17) is 4.74 Å². The van der Waals surface area contributed by atoms with Crippen molar-refractivity contribution in [2.24, 2.45) is 0 Å². The molecule has 0 radical (unpaired) electrons. The van der Waals surface area contributed by atoms with Crippen LogP contribution < -0.4 is 10.6 Å². The molecule has 0 aliphatic carbocycles. The Balaban J connectivity index is 1.54. The fourth-order valence-corrected chi connectivity index (χ4v) is 2.94. The average Bonchev–Trinajstić information content (AvgIpc) is 3.26. The predicted molar refractivity (Wildman–Crippen MR) is 93.6 cm³/mol. The maximum Gasteiger partial charge on any atom is 0.248 e. The van der Waals surface area contributed by atoms with Gasteiger partial charge >= 0.3 is 0 Å². The minimum absolute atomic E-state index is 0.139. The molecule has 5 nitrogen and oxygen atoms in total. The van der Waals surface area contributed by atoms with Gasteiger partial charge in [0.25, 0.3) is 0 Å². The van der Waals surface area contributed by atoms with Crippen molar-refractivity contribution in [1.82, 2.24) is 4.98 Å². The molecule has 1 unspecified atom stereocenters. The summed E-state index contributed by atoms with van der Waals surface area (Å²) in [6.07, 6.45) is 5.16. The number of thiazole rings is 1. The zero-order valence-corrected chi connectivity index (χ0v) is 13.8. The maximum absolute atomic E-state index is 14.1. The summed E-state index contributed by atoms with van der Waals surface area (Å²) >= 11 is 1.45. The zero-order valence-electron chi connectivity index (χ0n) is 13.0. The molecule has 126 valence electrons. The van der Waals surface area contributed by atoms with E-state index in [1.807, 2.05) is 5.38 Å².